The van der Waals surface area contributed by atoms with Gasteiger partial charge in [0.05, 0.1) is 16.1 Å². The summed E-state index contributed by atoms with van der Waals surface area (Å²) in [5.74, 6) is 0.336. The number of aromatic nitrogens is 2. The lowest BCUT2D eigenvalue weighted by molar-refractivity contribution is 0.304. The summed E-state index contributed by atoms with van der Waals surface area (Å²) in [5, 5.41) is 5.92. The topological polar surface area (TPSA) is 69.9 Å². The number of nitrogens with one attached hydrogen (secondary N) is 3. The molecule has 4 aromatic carbocycles. The van der Waals surface area contributed by atoms with Crippen molar-refractivity contribution < 1.29 is 9.13 Å². The van der Waals surface area contributed by atoms with Crippen LogP contribution in [0.1, 0.15) is 11.1 Å². The maximum absolute atomic E-state index is 13.4. The van der Waals surface area contributed by atoms with Gasteiger partial charge in [0.25, 0.3) is 0 Å². The molecule has 0 aliphatic carbocycles. The summed E-state index contributed by atoms with van der Waals surface area (Å²) >= 11 is 6.16. The SMILES string of the molecule is O=c1[nH]c2ccc(NCc3c(OCc4ccc(F)cc4Cl)ccc4ccccc34)cc2[nH]1. The molecular weight excluding hydrogens is 429 g/mol. The van der Waals surface area contributed by atoms with E-state index >= 15 is 0 Å². The first kappa shape index (κ1) is 20.2. The maximum Gasteiger partial charge on any atom is 0.323 e. The molecule has 0 spiro atoms. The van der Waals surface area contributed by atoms with Crippen LogP contribution in [0, 0.1) is 5.82 Å². The standard InChI is InChI=1S/C25H19ClFN3O2/c26-21-11-17(27)7-5-16(21)14-32-24-10-6-15-3-1-2-4-19(15)20(24)13-28-18-8-9-22-23(12-18)30-25(31)29-22/h1-12,28H,13-14H2,(H2,29,30,31). The second-order valence-corrected chi connectivity index (χ2v) is 7.89. The molecule has 0 radical (unpaired) electrons. The molecule has 1 aromatic heterocycles. The Kier molecular flexibility index (Phi) is 5.29. The largest absolute Gasteiger partial charge is 0.488 e. The molecular formula is C25H19ClFN3O2. The number of rotatable bonds is 6. The number of fused-ring (bicyclic) bond motifs is 2. The van der Waals surface area contributed by atoms with E-state index < -0.39 is 0 Å². The number of halogens is 2. The second kappa shape index (κ2) is 8.40. The van der Waals surface area contributed by atoms with E-state index in [1.165, 1.54) is 12.1 Å². The van der Waals surface area contributed by atoms with Crippen LogP contribution in [-0.2, 0) is 13.2 Å². The molecule has 5 rings (SSSR count). The molecule has 0 saturated heterocycles. The Morgan fingerprint density at radius 1 is 0.938 bits per heavy atom. The normalized spacial score (nSPS) is 11.2. The van der Waals surface area contributed by atoms with Crippen LogP contribution >= 0.6 is 11.6 Å². The van der Waals surface area contributed by atoms with Gasteiger partial charge in [0, 0.05) is 23.4 Å². The molecule has 0 amide bonds. The van der Waals surface area contributed by atoms with Crippen LogP contribution in [0.15, 0.2) is 77.6 Å². The van der Waals surface area contributed by atoms with Crippen molar-refractivity contribution in [2.45, 2.75) is 13.2 Å². The highest BCUT2D eigenvalue weighted by atomic mass is 35.5. The summed E-state index contributed by atoms with van der Waals surface area (Å²) in [7, 11) is 0. The molecule has 1 heterocycles. The number of hydrogen-bond donors (Lipinski definition) is 3. The van der Waals surface area contributed by atoms with Gasteiger partial charge in [-0.1, -0.05) is 48.0 Å². The van der Waals surface area contributed by atoms with Crippen LogP contribution in [0.3, 0.4) is 0 Å². The fraction of sp³-hybridized carbons (Fsp3) is 0.0800. The average molecular weight is 448 g/mol. The number of imidazole rings is 1. The molecule has 32 heavy (non-hydrogen) atoms. The second-order valence-electron chi connectivity index (χ2n) is 7.48. The van der Waals surface area contributed by atoms with Gasteiger partial charge in [-0.2, -0.15) is 0 Å². The van der Waals surface area contributed by atoms with Gasteiger partial charge in [-0.15, -0.1) is 0 Å². The molecule has 0 atom stereocenters. The summed E-state index contributed by atoms with van der Waals surface area (Å²) in [6.07, 6.45) is 0. The lowest BCUT2D eigenvalue weighted by atomic mass is 10.0. The van der Waals surface area contributed by atoms with E-state index in [9.17, 15) is 9.18 Å². The first-order valence-electron chi connectivity index (χ1n) is 10.1. The van der Waals surface area contributed by atoms with Crippen molar-refractivity contribution in [1.82, 2.24) is 9.97 Å². The van der Waals surface area contributed by atoms with Crippen molar-refractivity contribution in [3.05, 3.63) is 105 Å². The molecule has 0 saturated carbocycles. The molecule has 7 heteroatoms. The molecule has 0 fully saturated rings. The van der Waals surface area contributed by atoms with Crippen molar-refractivity contribution in [2.75, 3.05) is 5.32 Å². The number of aromatic amines is 2. The van der Waals surface area contributed by atoms with E-state index in [0.717, 1.165) is 33.1 Å². The van der Waals surface area contributed by atoms with E-state index in [1.807, 2.05) is 42.5 Å². The average Bonchev–Trinajstić information content (AvgIpc) is 3.16. The zero-order valence-electron chi connectivity index (χ0n) is 16.9. The van der Waals surface area contributed by atoms with Gasteiger partial charge < -0.3 is 20.0 Å². The highest BCUT2D eigenvalue weighted by Gasteiger charge is 2.11. The van der Waals surface area contributed by atoms with E-state index in [1.54, 1.807) is 6.07 Å². The van der Waals surface area contributed by atoms with Crippen LogP contribution in [-0.4, -0.2) is 9.97 Å². The highest BCUT2D eigenvalue weighted by molar-refractivity contribution is 6.31. The Hall–Kier alpha value is -3.77. The quantitative estimate of drug-likeness (QED) is 0.299. The highest BCUT2D eigenvalue weighted by Crippen LogP contribution is 2.30. The van der Waals surface area contributed by atoms with Crippen LogP contribution in [0.25, 0.3) is 21.8 Å². The molecule has 0 unspecified atom stereocenters. The van der Waals surface area contributed by atoms with E-state index in [0.29, 0.717) is 22.9 Å². The van der Waals surface area contributed by atoms with Crippen LogP contribution in [0.4, 0.5) is 10.1 Å². The molecule has 0 bridgehead atoms. The zero-order chi connectivity index (χ0) is 22.1. The van der Waals surface area contributed by atoms with Crippen molar-refractivity contribution in [3.63, 3.8) is 0 Å². The van der Waals surface area contributed by atoms with Gasteiger partial charge in [-0.05, 0) is 47.2 Å². The Balaban J connectivity index is 1.44. The van der Waals surface area contributed by atoms with Crippen LogP contribution in [0.2, 0.25) is 5.02 Å². The predicted molar refractivity (Wildman–Crippen MR) is 126 cm³/mol. The summed E-state index contributed by atoms with van der Waals surface area (Å²) in [4.78, 5) is 17.0. The predicted octanol–water partition coefficient (Wildman–Crippen LogP) is 5.99. The van der Waals surface area contributed by atoms with Crippen molar-refractivity contribution >= 4 is 39.1 Å². The molecule has 160 valence electrons. The summed E-state index contributed by atoms with van der Waals surface area (Å²) < 4.78 is 19.5. The fourth-order valence-electron chi connectivity index (χ4n) is 3.76. The van der Waals surface area contributed by atoms with Crippen molar-refractivity contribution in [1.29, 1.82) is 0 Å². The van der Waals surface area contributed by atoms with E-state index in [2.05, 4.69) is 27.4 Å². The zero-order valence-corrected chi connectivity index (χ0v) is 17.7. The van der Waals surface area contributed by atoms with Gasteiger partial charge in [-0.25, -0.2) is 9.18 Å². The molecule has 0 aliphatic heterocycles. The van der Waals surface area contributed by atoms with Gasteiger partial charge >= 0.3 is 5.69 Å². The molecule has 3 N–H and O–H groups in total. The third kappa shape index (κ3) is 4.05. The van der Waals surface area contributed by atoms with Crippen molar-refractivity contribution in [3.8, 4) is 5.75 Å². The summed E-state index contributed by atoms with van der Waals surface area (Å²) in [6, 6.07) is 22.0. The Morgan fingerprint density at radius 2 is 1.78 bits per heavy atom. The monoisotopic (exact) mass is 447 g/mol. The first-order valence-corrected chi connectivity index (χ1v) is 10.5. The molecule has 0 aliphatic rings. The Bertz CT molecular complexity index is 1490. The van der Waals surface area contributed by atoms with E-state index in [4.69, 9.17) is 16.3 Å². The number of benzene rings is 4. The summed E-state index contributed by atoms with van der Waals surface area (Å²) in [5.41, 5.74) is 3.83. The Morgan fingerprint density at radius 3 is 2.66 bits per heavy atom. The smallest absolute Gasteiger partial charge is 0.323 e. The lowest BCUT2D eigenvalue weighted by Crippen LogP contribution is -2.05. The first-order chi connectivity index (χ1) is 15.6. The van der Waals surface area contributed by atoms with E-state index in [-0.39, 0.29) is 18.1 Å². The fourth-order valence-corrected chi connectivity index (χ4v) is 3.98. The minimum atomic E-state index is -0.380. The molecule has 5 nitrogen and oxygen atoms in total. The van der Waals surface area contributed by atoms with Gasteiger partial charge in [0.1, 0.15) is 18.2 Å². The minimum Gasteiger partial charge on any atom is -0.488 e. The maximum atomic E-state index is 13.4. The van der Waals surface area contributed by atoms with Gasteiger partial charge in [0.15, 0.2) is 0 Å². The Labute approximate surface area is 187 Å². The minimum absolute atomic E-state index is 0.223. The van der Waals surface area contributed by atoms with Crippen LogP contribution in [0.5, 0.6) is 5.75 Å². The third-order valence-electron chi connectivity index (χ3n) is 5.38. The third-order valence-corrected chi connectivity index (χ3v) is 5.73. The van der Waals surface area contributed by atoms with Gasteiger partial charge in [0.2, 0.25) is 0 Å². The van der Waals surface area contributed by atoms with Gasteiger partial charge in [-0.3, -0.25) is 0 Å². The summed E-state index contributed by atoms with van der Waals surface area (Å²) in [6.45, 7) is 0.731. The number of H-pyrrole nitrogens is 2. The number of ether oxygens (including phenoxy) is 1. The lowest BCUT2D eigenvalue weighted by Gasteiger charge is -2.16. The number of hydrogen-bond acceptors (Lipinski definition) is 3. The molecule has 5 aromatic rings. The van der Waals surface area contributed by atoms with Crippen LogP contribution < -0.4 is 15.7 Å². The van der Waals surface area contributed by atoms with Crippen molar-refractivity contribution in [2.24, 2.45) is 0 Å². The number of anilines is 1.